The Morgan fingerprint density at radius 2 is 2.20 bits per heavy atom. The molecule has 0 amide bonds. The minimum atomic E-state index is -3.71. The molecule has 0 saturated carbocycles. The zero-order chi connectivity index (χ0) is 14.6. The zero-order valence-electron chi connectivity index (χ0n) is 10.6. The van der Waals surface area contributed by atoms with Gasteiger partial charge in [0.2, 0.25) is 0 Å². The largest absolute Gasteiger partial charge is 0.369 e. The predicted molar refractivity (Wildman–Crippen MR) is 83.6 cm³/mol. The molecule has 0 aliphatic carbocycles. The van der Waals surface area contributed by atoms with Gasteiger partial charge in [-0.25, -0.2) is 18.4 Å². The summed E-state index contributed by atoms with van der Waals surface area (Å²) < 4.78 is 27.9. The van der Waals surface area contributed by atoms with Gasteiger partial charge in [0.15, 0.2) is 5.13 Å². The van der Waals surface area contributed by atoms with Gasteiger partial charge in [-0.15, -0.1) is 0 Å². The molecule has 2 aromatic rings. The minimum Gasteiger partial charge on any atom is -0.369 e. The highest BCUT2D eigenvalue weighted by Gasteiger charge is 2.20. The number of pyridine rings is 1. The van der Waals surface area contributed by atoms with Crippen molar-refractivity contribution in [1.82, 2.24) is 9.97 Å². The van der Waals surface area contributed by atoms with E-state index in [4.69, 9.17) is 0 Å². The first-order valence-corrected chi connectivity index (χ1v) is 8.95. The van der Waals surface area contributed by atoms with Crippen LogP contribution in [0.25, 0.3) is 0 Å². The molecule has 2 N–H and O–H groups in total. The zero-order valence-corrected chi connectivity index (χ0v) is 13.8. The normalized spacial score (nSPS) is 11.3. The van der Waals surface area contributed by atoms with E-state index in [9.17, 15) is 8.42 Å². The first kappa shape index (κ1) is 15.2. The van der Waals surface area contributed by atoms with Gasteiger partial charge in [-0.2, -0.15) is 0 Å². The molecule has 9 heteroatoms. The van der Waals surface area contributed by atoms with Crippen LogP contribution in [-0.2, 0) is 10.0 Å². The molecule has 20 heavy (non-hydrogen) atoms. The molecule has 0 unspecified atom stereocenters. The van der Waals surface area contributed by atoms with E-state index >= 15 is 0 Å². The molecule has 0 spiro atoms. The lowest BCUT2D eigenvalue weighted by Gasteiger charge is -2.10. The average molecular weight is 377 g/mol. The van der Waals surface area contributed by atoms with E-state index < -0.39 is 10.0 Å². The number of nitrogens with zero attached hydrogens (tertiary/aromatic N) is 2. The van der Waals surface area contributed by atoms with E-state index in [1.54, 1.807) is 18.5 Å². The summed E-state index contributed by atoms with van der Waals surface area (Å²) in [7, 11) is -3.71. The summed E-state index contributed by atoms with van der Waals surface area (Å²) in [6.45, 7) is 2.65. The van der Waals surface area contributed by atoms with Crippen molar-refractivity contribution in [3.8, 4) is 0 Å². The Bertz CT molecular complexity index is 687. The minimum absolute atomic E-state index is 0.111. The van der Waals surface area contributed by atoms with Crippen molar-refractivity contribution in [3.05, 3.63) is 28.3 Å². The molecule has 2 rings (SSSR count). The number of sulfonamides is 1. The van der Waals surface area contributed by atoms with Crippen LogP contribution < -0.4 is 10.0 Å². The maximum absolute atomic E-state index is 12.4. The van der Waals surface area contributed by atoms with Gasteiger partial charge in [-0.3, -0.25) is 4.72 Å². The van der Waals surface area contributed by atoms with Crippen molar-refractivity contribution in [2.24, 2.45) is 0 Å². The van der Waals surface area contributed by atoms with Gasteiger partial charge in [0.05, 0.1) is 9.98 Å². The Kier molecular flexibility index (Phi) is 4.95. The lowest BCUT2D eigenvalue weighted by molar-refractivity contribution is 0.601. The average Bonchev–Trinajstić information content (AvgIpc) is 2.81. The van der Waals surface area contributed by atoms with Gasteiger partial charge >= 0.3 is 0 Å². The lowest BCUT2D eigenvalue weighted by atomic mass is 10.4. The number of thiazole rings is 1. The van der Waals surface area contributed by atoms with Crippen molar-refractivity contribution in [3.63, 3.8) is 0 Å². The quantitative estimate of drug-likeness (QED) is 0.809. The van der Waals surface area contributed by atoms with Gasteiger partial charge in [-0.1, -0.05) is 18.3 Å². The molecule has 0 aliphatic heterocycles. The monoisotopic (exact) mass is 376 g/mol. The van der Waals surface area contributed by atoms with Gasteiger partial charge in [-0.05, 0) is 34.5 Å². The SMILES string of the molecule is CCCNc1ncccc1S(=O)(=O)Nc1ncc(Br)s1. The number of hydrogen-bond acceptors (Lipinski definition) is 6. The number of anilines is 2. The fourth-order valence-electron chi connectivity index (χ4n) is 1.46. The standard InChI is InChI=1S/C11H13BrN4O2S2/c1-2-5-13-10-8(4-3-6-14-10)20(17,18)16-11-15-7-9(12)19-11/h3-4,6-7H,2,5H2,1H3,(H,13,14)(H,15,16). The Hall–Kier alpha value is -1.19. The Labute approximate surface area is 129 Å². The molecule has 108 valence electrons. The fourth-order valence-corrected chi connectivity index (χ4v) is 3.94. The molecule has 0 bridgehead atoms. The van der Waals surface area contributed by atoms with Crippen LogP contribution in [0.2, 0.25) is 0 Å². The second-order valence-corrected chi connectivity index (χ2v) is 7.91. The highest BCUT2D eigenvalue weighted by molar-refractivity contribution is 9.11. The van der Waals surface area contributed by atoms with Crippen molar-refractivity contribution in [2.75, 3.05) is 16.6 Å². The van der Waals surface area contributed by atoms with Gasteiger partial charge < -0.3 is 5.32 Å². The molecule has 2 heterocycles. The van der Waals surface area contributed by atoms with E-state index in [1.165, 1.54) is 17.4 Å². The number of nitrogens with one attached hydrogen (secondary N) is 2. The molecule has 0 radical (unpaired) electrons. The molecular formula is C11H13BrN4O2S2. The molecule has 0 atom stereocenters. The molecule has 2 aromatic heterocycles. The van der Waals surface area contributed by atoms with E-state index in [2.05, 4.69) is 35.9 Å². The lowest BCUT2D eigenvalue weighted by Crippen LogP contribution is -2.16. The van der Waals surface area contributed by atoms with Crippen molar-refractivity contribution in [2.45, 2.75) is 18.2 Å². The first-order chi connectivity index (χ1) is 9.53. The van der Waals surface area contributed by atoms with Crippen LogP contribution in [0, 0.1) is 0 Å². The maximum Gasteiger partial charge on any atom is 0.267 e. The second-order valence-electron chi connectivity index (χ2n) is 3.85. The summed E-state index contributed by atoms with van der Waals surface area (Å²) in [5.74, 6) is 0.345. The summed E-state index contributed by atoms with van der Waals surface area (Å²) >= 11 is 4.45. The summed E-state index contributed by atoms with van der Waals surface area (Å²) in [5.41, 5.74) is 0. The van der Waals surface area contributed by atoms with E-state index in [0.717, 1.165) is 10.2 Å². The van der Waals surface area contributed by atoms with Crippen LogP contribution in [0.3, 0.4) is 0 Å². The maximum atomic E-state index is 12.4. The van der Waals surface area contributed by atoms with Crippen molar-refractivity contribution >= 4 is 48.2 Å². The van der Waals surface area contributed by atoms with Crippen LogP contribution in [0.15, 0.2) is 33.2 Å². The fraction of sp³-hybridized carbons (Fsp3) is 0.273. The van der Waals surface area contributed by atoms with Crippen LogP contribution in [0.5, 0.6) is 0 Å². The van der Waals surface area contributed by atoms with Crippen molar-refractivity contribution < 1.29 is 8.42 Å². The molecule has 0 aromatic carbocycles. The Morgan fingerprint density at radius 1 is 1.40 bits per heavy atom. The number of hydrogen-bond donors (Lipinski definition) is 2. The second kappa shape index (κ2) is 6.51. The molecule has 0 aliphatic rings. The Balaban J connectivity index is 2.29. The van der Waals surface area contributed by atoms with E-state index in [1.807, 2.05) is 6.92 Å². The third-order valence-corrected chi connectivity index (χ3v) is 5.19. The Morgan fingerprint density at radius 3 is 2.85 bits per heavy atom. The van der Waals surface area contributed by atoms with Gasteiger partial charge in [0, 0.05) is 12.7 Å². The first-order valence-electron chi connectivity index (χ1n) is 5.86. The molecule has 0 fully saturated rings. The van der Waals surface area contributed by atoms with Crippen molar-refractivity contribution in [1.29, 1.82) is 0 Å². The number of aromatic nitrogens is 2. The molecule has 0 saturated heterocycles. The van der Waals surface area contributed by atoms with E-state index in [0.29, 0.717) is 17.5 Å². The van der Waals surface area contributed by atoms with Gasteiger partial charge in [0.25, 0.3) is 10.0 Å². The molecular weight excluding hydrogens is 364 g/mol. The summed E-state index contributed by atoms with van der Waals surface area (Å²) in [6, 6.07) is 3.10. The van der Waals surface area contributed by atoms with Crippen LogP contribution in [0.4, 0.5) is 10.9 Å². The van der Waals surface area contributed by atoms with Crippen LogP contribution >= 0.6 is 27.3 Å². The highest BCUT2D eigenvalue weighted by atomic mass is 79.9. The summed E-state index contributed by atoms with van der Waals surface area (Å²) in [4.78, 5) is 8.14. The highest BCUT2D eigenvalue weighted by Crippen LogP contribution is 2.27. The summed E-state index contributed by atoms with van der Waals surface area (Å²) in [5, 5.41) is 3.31. The van der Waals surface area contributed by atoms with Gasteiger partial charge in [0.1, 0.15) is 10.7 Å². The predicted octanol–water partition coefficient (Wildman–Crippen LogP) is 2.92. The molecule has 6 nitrogen and oxygen atoms in total. The third-order valence-electron chi connectivity index (χ3n) is 2.30. The number of halogens is 1. The van der Waals surface area contributed by atoms with E-state index in [-0.39, 0.29) is 4.90 Å². The van der Waals surface area contributed by atoms with Crippen LogP contribution in [0.1, 0.15) is 13.3 Å². The third kappa shape index (κ3) is 3.68. The summed E-state index contributed by atoms with van der Waals surface area (Å²) in [6.07, 6.45) is 3.97. The van der Waals surface area contributed by atoms with Crippen LogP contribution in [-0.4, -0.2) is 24.9 Å². The topological polar surface area (TPSA) is 84.0 Å². The number of rotatable bonds is 6. The smallest absolute Gasteiger partial charge is 0.267 e.